The lowest BCUT2D eigenvalue weighted by Gasteiger charge is -2.14. The third-order valence-electron chi connectivity index (χ3n) is 2.62. The van der Waals surface area contributed by atoms with E-state index in [9.17, 15) is 4.39 Å². The molecule has 100 valence electrons. The summed E-state index contributed by atoms with van der Waals surface area (Å²) in [5, 5.41) is 3.00. The second kappa shape index (κ2) is 5.67. The van der Waals surface area contributed by atoms with Gasteiger partial charge >= 0.3 is 0 Å². The van der Waals surface area contributed by atoms with Gasteiger partial charge in [-0.25, -0.2) is 4.39 Å². The van der Waals surface area contributed by atoms with Gasteiger partial charge in [0.15, 0.2) is 0 Å². The lowest BCUT2D eigenvalue weighted by molar-refractivity contribution is 0.614. The standard InChI is InChI=1S/C12H11Cl2FN4/c1-6-3-4-8(5-9(6)15)7(2)16-12-18-10(13)17-11(14)19-12/h3-5,7H,1-2H3,(H,16,17,18,19). The number of nitrogens with zero attached hydrogens (tertiary/aromatic N) is 3. The summed E-state index contributed by atoms with van der Waals surface area (Å²) in [6, 6.07) is 4.83. The van der Waals surface area contributed by atoms with Crippen LogP contribution in [0.15, 0.2) is 18.2 Å². The lowest BCUT2D eigenvalue weighted by atomic mass is 10.1. The van der Waals surface area contributed by atoms with E-state index in [1.54, 1.807) is 13.0 Å². The molecule has 2 aromatic rings. The summed E-state index contributed by atoms with van der Waals surface area (Å²) in [4.78, 5) is 11.4. The van der Waals surface area contributed by atoms with E-state index in [1.807, 2.05) is 13.0 Å². The quantitative estimate of drug-likeness (QED) is 0.937. The molecule has 0 radical (unpaired) electrons. The average Bonchev–Trinajstić information content (AvgIpc) is 2.31. The Morgan fingerprint density at radius 3 is 2.37 bits per heavy atom. The number of anilines is 1. The summed E-state index contributed by atoms with van der Waals surface area (Å²) < 4.78 is 13.5. The molecule has 4 nitrogen and oxygen atoms in total. The first-order valence-electron chi connectivity index (χ1n) is 5.55. The summed E-state index contributed by atoms with van der Waals surface area (Å²) in [7, 11) is 0. The fourth-order valence-corrected chi connectivity index (χ4v) is 1.91. The number of hydrogen-bond donors (Lipinski definition) is 1. The zero-order chi connectivity index (χ0) is 14.0. The SMILES string of the molecule is Cc1ccc(C(C)Nc2nc(Cl)nc(Cl)n2)cc1F. The van der Waals surface area contributed by atoms with E-state index in [2.05, 4.69) is 20.3 Å². The molecular formula is C12H11Cl2FN4. The predicted octanol–water partition coefficient (Wildman–Crippen LogP) is 3.80. The maximum atomic E-state index is 13.5. The molecule has 0 amide bonds. The van der Waals surface area contributed by atoms with Gasteiger partial charge in [-0.05, 0) is 54.2 Å². The van der Waals surface area contributed by atoms with Crippen LogP contribution < -0.4 is 5.32 Å². The second-order valence-electron chi connectivity index (χ2n) is 4.07. The van der Waals surface area contributed by atoms with Crippen LogP contribution in [0.3, 0.4) is 0 Å². The third-order valence-corrected chi connectivity index (χ3v) is 2.96. The van der Waals surface area contributed by atoms with Crippen molar-refractivity contribution in [1.82, 2.24) is 15.0 Å². The van der Waals surface area contributed by atoms with E-state index in [0.29, 0.717) is 5.56 Å². The molecular weight excluding hydrogens is 290 g/mol. The molecule has 2 rings (SSSR count). The molecule has 7 heteroatoms. The summed E-state index contributed by atoms with van der Waals surface area (Å²) in [5.41, 5.74) is 1.37. The predicted molar refractivity (Wildman–Crippen MR) is 73.0 cm³/mol. The summed E-state index contributed by atoms with van der Waals surface area (Å²) in [5.74, 6) is -0.00338. The fraction of sp³-hybridized carbons (Fsp3) is 0.250. The molecule has 1 aromatic carbocycles. The molecule has 0 saturated carbocycles. The highest BCUT2D eigenvalue weighted by molar-refractivity contribution is 6.31. The van der Waals surface area contributed by atoms with Crippen LogP contribution in [0.2, 0.25) is 10.6 Å². The minimum Gasteiger partial charge on any atom is -0.348 e. The number of halogens is 3. The fourth-order valence-electron chi connectivity index (χ4n) is 1.55. The molecule has 0 saturated heterocycles. The molecule has 0 bridgehead atoms. The van der Waals surface area contributed by atoms with Crippen LogP contribution in [0, 0.1) is 12.7 Å². The van der Waals surface area contributed by atoms with Crippen molar-refractivity contribution in [2.45, 2.75) is 19.9 Å². The number of rotatable bonds is 3. The zero-order valence-electron chi connectivity index (χ0n) is 10.3. The first-order chi connectivity index (χ1) is 8.95. The van der Waals surface area contributed by atoms with Crippen molar-refractivity contribution in [2.75, 3.05) is 5.32 Å². The van der Waals surface area contributed by atoms with Crippen molar-refractivity contribution in [3.63, 3.8) is 0 Å². The van der Waals surface area contributed by atoms with Gasteiger partial charge in [0.25, 0.3) is 0 Å². The number of nitrogens with one attached hydrogen (secondary N) is 1. The molecule has 0 spiro atoms. The van der Waals surface area contributed by atoms with E-state index >= 15 is 0 Å². The maximum Gasteiger partial charge on any atom is 0.228 e. The Morgan fingerprint density at radius 1 is 1.16 bits per heavy atom. The van der Waals surface area contributed by atoms with Crippen LogP contribution in [0.4, 0.5) is 10.3 Å². The van der Waals surface area contributed by atoms with Crippen molar-refractivity contribution in [3.05, 3.63) is 45.7 Å². The summed E-state index contributed by atoms with van der Waals surface area (Å²) in [6.07, 6.45) is 0. The molecule has 1 heterocycles. The first-order valence-corrected chi connectivity index (χ1v) is 6.31. The molecule has 0 aliphatic carbocycles. The van der Waals surface area contributed by atoms with Crippen LogP contribution in [0.1, 0.15) is 24.1 Å². The number of benzene rings is 1. The van der Waals surface area contributed by atoms with Crippen molar-refractivity contribution >= 4 is 29.2 Å². The van der Waals surface area contributed by atoms with Crippen LogP contribution in [-0.4, -0.2) is 15.0 Å². The third kappa shape index (κ3) is 3.52. The molecule has 1 atom stereocenters. The van der Waals surface area contributed by atoms with Gasteiger partial charge in [-0.3, -0.25) is 0 Å². The van der Waals surface area contributed by atoms with Gasteiger partial charge in [0.1, 0.15) is 5.82 Å². The second-order valence-corrected chi connectivity index (χ2v) is 4.75. The van der Waals surface area contributed by atoms with E-state index in [1.165, 1.54) is 6.07 Å². The van der Waals surface area contributed by atoms with Crippen molar-refractivity contribution in [2.24, 2.45) is 0 Å². The topological polar surface area (TPSA) is 50.7 Å². The van der Waals surface area contributed by atoms with Crippen molar-refractivity contribution in [3.8, 4) is 0 Å². The van der Waals surface area contributed by atoms with Crippen LogP contribution in [0.25, 0.3) is 0 Å². The molecule has 1 N–H and O–H groups in total. The normalized spacial score (nSPS) is 12.3. The van der Waals surface area contributed by atoms with Gasteiger partial charge < -0.3 is 5.32 Å². The molecule has 0 aliphatic rings. The van der Waals surface area contributed by atoms with Crippen molar-refractivity contribution in [1.29, 1.82) is 0 Å². The van der Waals surface area contributed by atoms with Gasteiger partial charge in [-0.1, -0.05) is 12.1 Å². The minimum absolute atomic E-state index is 0.00443. The van der Waals surface area contributed by atoms with Crippen LogP contribution in [-0.2, 0) is 0 Å². The summed E-state index contributed by atoms with van der Waals surface area (Å²) >= 11 is 11.4. The largest absolute Gasteiger partial charge is 0.348 e. The monoisotopic (exact) mass is 300 g/mol. The van der Waals surface area contributed by atoms with E-state index in [0.717, 1.165) is 5.56 Å². The molecule has 1 aromatic heterocycles. The highest BCUT2D eigenvalue weighted by Gasteiger charge is 2.10. The molecule has 0 aliphatic heterocycles. The smallest absolute Gasteiger partial charge is 0.228 e. The van der Waals surface area contributed by atoms with Gasteiger partial charge in [-0.2, -0.15) is 15.0 Å². The lowest BCUT2D eigenvalue weighted by Crippen LogP contribution is -2.10. The minimum atomic E-state index is -0.252. The Hall–Kier alpha value is -1.46. The molecule has 19 heavy (non-hydrogen) atoms. The van der Waals surface area contributed by atoms with E-state index < -0.39 is 0 Å². The van der Waals surface area contributed by atoms with Gasteiger partial charge in [0.05, 0.1) is 6.04 Å². The Kier molecular flexibility index (Phi) is 4.17. The summed E-state index contributed by atoms with van der Waals surface area (Å²) in [6.45, 7) is 3.57. The maximum absolute atomic E-state index is 13.5. The van der Waals surface area contributed by atoms with E-state index in [-0.39, 0.29) is 28.4 Å². The average molecular weight is 301 g/mol. The Morgan fingerprint density at radius 2 is 1.79 bits per heavy atom. The van der Waals surface area contributed by atoms with Crippen LogP contribution >= 0.6 is 23.2 Å². The van der Waals surface area contributed by atoms with Gasteiger partial charge in [0, 0.05) is 0 Å². The number of aromatic nitrogens is 3. The highest BCUT2D eigenvalue weighted by atomic mass is 35.5. The van der Waals surface area contributed by atoms with Crippen molar-refractivity contribution < 1.29 is 4.39 Å². The Labute approximate surface area is 120 Å². The van der Waals surface area contributed by atoms with E-state index in [4.69, 9.17) is 23.2 Å². The number of hydrogen-bond acceptors (Lipinski definition) is 4. The molecule has 0 fully saturated rings. The molecule has 1 unspecified atom stereocenters. The van der Waals surface area contributed by atoms with Crippen LogP contribution in [0.5, 0.6) is 0 Å². The first kappa shape index (κ1) is 14.0. The van der Waals surface area contributed by atoms with Gasteiger partial charge in [-0.15, -0.1) is 0 Å². The Balaban J connectivity index is 2.20. The van der Waals surface area contributed by atoms with Gasteiger partial charge in [0.2, 0.25) is 16.5 Å². The Bertz CT molecular complexity index is 586. The zero-order valence-corrected chi connectivity index (χ0v) is 11.8. The highest BCUT2D eigenvalue weighted by Crippen LogP contribution is 2.20. The number of aryl methyl sites for hydroxylation is 1.